The van der Waals surface area contributed by atoms with Gasteiger partial charge in [-0.05, 0) is 18.2 Å². The SMILES string of the molecule is CC(CSc1ccc2c(c1)OCCCO2)C(=O)NN. The largest absolute Gasteiger partial charge is 0.490 e. The maximum Gasteiger partial charge on any atom is 0.237 e. The van der Waals surface area contributed by atoms with Gasteiger partial charge in [0.15, 0.2) is 11.5 Å². The van der Waals surface area contributed by atoms with E-state index in [1.165, 1.54) is 0 Å². The average molecular weight is 282 g/mol. The Morgan fingerprint density at radius 2 is 2.16 bits per heavy atom. The molecule has 1 amide bonds. The number of fused-ring (bicyclic) bond motifs is 1. The molecule has 6 heteroatoms. The molecule has 1 aromatic rings. The van der Waals surface area contributed by atoms with Crippen molar-refractivity contribution in [3.05, 3.63) is 18.2 Å². The zero-order valence-corrected chi connectivity index (χ0v) is 11.7. The number of nitrogens with one attached hydrogen (secondary N) is 1. The Labute approximate surface area is 116 Å². The van der Waals surface area contributed by atoms with Crippen LogP contribution in [0.25, 0.3) is 0 Å². The Morgan fingerprint density at radius 1 is 1.42 bits per heavy atom. The number of amides is 1. The van der Waals surface area contributed by atoms with E-state index in [2.05, 4.69) is 5.43 Å². The molecule has 3 N–H and O–H groups in total. The van der Waals surface area contributed by atoms with Crippen molar-refractivity contribution >= 4 is 17.7 Å². The summed E-state index contributed by atoms with van der Waals surface area (Å²) in [6.07, 6.45) is 0.894. The molecule has 0 aliphatic carbocycles. The Morgan fingerprint density at radius 3 is 2.89 bits per heavy atom. The first-order chi connectivity index (χ1) is 9.20. The van der Waals surface area contributed by atoms with Crippen molar-refractivity contribution < 1.29 is 14.3 Å². The van der Waals surface area contributed by atoms with Gasteiger partial charge in [-0.2, -0.15) is 0 Å². The molecule has 1 aliphatic rings. The average Bonchev–Trinajstić information content (AvgIpc) is 2.68. The maximum atomic E-state index is 11.3. The third-order valence-corrected chi connectivity index (χ3v) is 4.06. The minimum atomic E-state index is -0.151. The highest BCUT2D eigenvalue weighted by molar-refractivity contribution is 7.99. The molecule has 1 unspecified atom stereocenters. The van der Waals surface area contributed by atoms with Crippen LogP contribution in [-0.2, 0) is 4.79 Å². The van der Waals surface area contributed by atoms with Gasteiger partial charge in [0.1, 0.15) is 0 Å². The van der Waals surface area contributed by atoms with Crippen molar-refractivity contribution in [1.82, 2.24) is 5.43 Å². The van der Waals surface area contributed by atoms with E-state index in [1.807, 2.05) is 25.1 Å². The molecular formula is C13H18N2O3S. The van der Waals surface area contributed by atoms with E-state index in [0.717, 1.165) is 22.8 Å². The summed E-state index contributed by atoms with van der Waals surface area (Å²) < 4.78 is 11.2. The molecule has 1 aliphatic heterocycles. The summed E-state index contributed by atoms with van der Waals surface area (Å²) in [7, 11) is 0. The number of carbonyl (C=O) groups excluding carboxylic acids is 1. The van der Waals surface area contributed by atoms with Crippen LogP contribution < -0.4 is 20.7 Å². The van der Waals surface area contributed by atoms with E-state index in [9.17, 15) is 4.79 Å². The van der Waals surface area contributed by atoms with Gasteiger partial charge < -0.3 is 9.47 Å². The predicted molar refractivity (Wildman–Crippen MR) is 74.3 cm³/mol. The Bertz CT molecular complexity index is 454. The number of hydrogen-bond donors (Lipinski definition) is 2. The van der Waals surface area contributed by atoms with Gasteiger partial charge in [0, 0.05) is 23.0 Å². The van der Waals surface area contributed by atoms with Gasteiger partial charge in [0.25, 0.3) is 0 Å². The quantitative estimate of drug-likeness (QED) is 0.379. The minimum absolute atomic E-state index is 0.133. The van der Waals surface area contributed by atoms with E-state index < -0.39 is 0 Å². The molecule has 0 spiro atoms. The molecular weight excluding hydrogens is 264 g/mol. The van der Waals surface area contributed by atoms with Gasteiger partial charge in [-0.3, -0.25) is 10.2 Å². The summed E-state index contributed by atoms with van der Waals surface area (Å²) >= 11 is 1.60. The summed E-state index contributed by atoms with van der Waals surface area (Å²) in [5, 5.41) is 0. The second-order valence-corrected chi connectivity index (χ2v) is 5.47. The van der Waals surface area contributed by atoms with Gasteiger partial charge >= 0.3 is 0 Å². The van der Waals surface area contributed by atoms with Crippen LogP contribution in [0.3, 0.4) is 0 Å². The minimum Gasteiger partial charge on any atom is -0.490 e. The van der Waals surface area contributed by atoms with E-state index in [-0.39, 0.29) is 11.8 Å². The fraction of sp³-hybridized carbons (Fsp3) is 0.462. The summed E-state index contributed by atoms with van der Waals surface area (Å²) in [6.45, 7) is 3.21. The first kappa shape index (κ1) is 14.0. The van der Waals surface area contributed by atoms with Crippen LogP contribution in [0.4, 0.5) is 0 Å². The molecule has 0 saturated carbocycles. The monoisotopic (exact) mass is 282 g/mol. The third-order valence-electron chi connectivity index (χ3n) is 2.81. The van der Waals surface area contributed by atoms with E-state index in [4.69, 9.17) is 15.3 Å². The fourth-order valence-corrected chi connectivity index (χ4v) is 2.62. The molecule has 1 aromatic carbocycles. The number of benzene rings is 1. The normalized spacial score (nSPS) is 15.5. The second kappa shape index (κ2) is 6.68. The van der Waals surface area contributed by atoms with Crippen molar-refractivity contribution in [2.24, 2.45) is 11.8 Å². The van der Waals surface area contributed by atoms with Crippen molar-refractivity contribution in [2.75, 3.05) is 19.0 Å². The number of carbonyl (C=O) groups is 1. The molecule has 0 saturated heterocycles. The van der Waals surface area contributed by atoms with Crippen molar-refractivity contribution in [3.63, 3.8) is 0 Å². The lowest BCUT2D eigenvalue weighted by atomic mass is 10.2. The zero-order valence-electron chi connectivity index (χ0n) is 10.8. The number of thioether (sulfide) groups is 1. The first-order valence-corrected chi connectivity index (χ1v) is 7.22. The smallest absolute Gasteiger partial charge is 0.237 e. The highest BCUT2D eigenvalue weighted by Gasteiger charge is 2.14. The number of ether oxygens (including phenoxy) is 2. The van der Waals surface area contributed by atoms with Crippen LogP contribution in [-0.4, -0.2) is 24.9 Å². The predicted octanol–water partition coefficient (Wildman–Crippen LogP) is 1.57. The van der Waals surface area contributed by atoms with Crippen LogP contribution in [0.2, 0.25) is 0 Å². The van der Waals surface area contributed by atoms with Crippen molar-refractivity contribution in [1.29, 1.82) is 0 Å². The number of nitrogens with two attached hydrogens (primary N) is 1. The highest BCUT2D eigenvalue weighted by atomic mass is 32.2. The van der Waals surface area contributed by atoms with Crippen LogP contribution in [0.1, 0.15) is 13.3 Å². The summed E-state index contributed by atoms with van der Waals surface area (Å²) in [5.74, 6) is 7.05. The molecule has 0 bridgehead atoms. The van der Waals surface area contributed by atoms with Crippen LogP contribution in [0.15, 0.2) is 23.1 Å². The van der Waals surface area contributed by atoms with Crippen molar-refractivity contribution in [3.8, 4) is 11.5 Å². The fourth-order valence-electron chi connectivity index (χ4n) is 1.67. The Balaban J connectivity index is 1.98. The lowest BCUT2D eigenvalue weighted by molar-refractivity contribution is -0.123. The van der Waals surface area contributed by atoms with E-state index in [0.29, 0.717) is 19.0 Å². The van der Waals surface area contributed by atoms with Gasteiger partial charge in [-0.25, -0.2) is 5.84 Å². The number of rotatable bonds is 4. The second-order valence-electron chi connectivity index (χ2n) is 4.38. The Hall–Kier alpha value is -1.40. The lowest BCUT2D eigenvalue weighted by Gasteiger charge is -2.11. The lowest BCUT2D eigenvalue weighted by Crippen LogP contribution is -2.35. The standard InChI is InChI=1S/C13H18N2O3S/c1-9(13(16)15-14)8-19-10-3-4-11-12(7-10)18-6-2-5-17-11/h3-4,7,9H,2,5-6,8,14H2,1H3,(H,15,16). The number of hydrogen-bond acceptors (Lipinski definition) is 5. The van der Waals surface area contributed by atoms with Crippen LogP contribution >= 0.6 is 11.8 Å². The zero-order chi connectivity index (χ0) is 13.7. The van der Waals surface area contributed by atoms with Crippen molar-refractivity contribution in [2.45, 2.75) is 18.2 Å². The molecule has 104 valence electrons. The molecule has 0 radical (unpaired) electrons. The summed E-state index contributed by atoms with van der Waals surface area (Å²) in [5.41, 5.74) is 2.16. The molecule has 0 aromatic heterocycles. The number of hydrazine groups is 1. The van der Waals surface area contributed by atoms with Crippen LogP contribution in [0.5, 0.6) is 11.5 Å². The molecule has 1 atom stereocenters. The topological polar surface area (TPSA) is 73.6 Å². The van der Waals surface area contributed by atoms with Gasteiger partial charge in [-0.15, -0.1) is 11.8 Å². The molecule has 0 fully saturated rings. The van der Waals surface area contributed by atoms with Gasteiger partial charge in [-0.1, -0.05) is 6.92 Å². The first-order valence-electron chi connectivity index (χ1n) is 6.23. The van der Waals surface area contributed by atoms with Crippen LogP contribution in [0, 0.1) is 5.92 Å². The molecule has 1 heterocycles. The van der Waals surface area contributed by atoms with E-state index in [1.54, 1.807) is 11.8 Å². The summed E-state index contributed by atoms with van der Waals surface area (Å²) in [4.78, 5) is 12.4. The molecule has 19 heavy (non-hydrogen) atoms. The van der Waals surface area contributed by atoms with E-state index >= 15 is 0 Å². The molecule has 2 rings (SSSR count). The third kappa shape index (κ3) is 3.78. The van der Waals surface area contributed by atoms with Gasteiger partial charge in [0.05, 0.1) is 13.2 Å². The maximum absolute atomic E-state index is 11.3. The highest BCUT2D eigenvalue weighted by Crippen LogP contribution is 2.34. The molecule has 5 nitrogen and oxygen atoms in total. The summed E-state index contributed by atoms with van der Waals surface area (Å²) in [6, 6.07) is 5.85. The Kier molecular flexibility index (Phi) is 4.93. The van der Waals surface area contributed by atoms with Gasteiger partial charge in [0.2, 0.25) is 5.91 Å².